The van der Waals surface area contributed by atoms with Crippen molar-refractivity contribution in [1.29, 1.82) is 0 Å². The summed E-state index contributed by atoms with van der Waals surface area (Å²) in [6, 6.07) is 0. The Morgan fingerprint density at radius 1 is 0.519 bits per heavy atom. The van der Waals surface area contributed by atoms with Gasteiger partial charge in [-0.3, -0.25) is 4.79 Å². The molecule has 4 N–H and O–H groups in total. The average Bonchev–Trinajstić information content (AvgIpc) is 2.61. The Labute approximate surface area is 169 Å². The molecule has 0 amide bonds. The Balaban J connectivity index is -0.000000246. The summed E-state index contributed by atoms with van der Waals surface area (Å²) in [6.07, 6.45) is 17.3. The molecule has 5 heteroatoms. The van der Waals surface area contributed by atoms with E-state index in [1.54, 1.807) is 20.8 Å². The number of unbranched alkanes of at least 4 members (excludes halogenated alkanes) is 12. The summed E-state index contributed by atoms with van der Waals surface area (Å²) in [5.41, 5.74) is 0. The van der Waals surface area contributed by atoms with E-state index < -0.39 is 5.97 Å². The van der Waals surface area contributed by atoms with Crippen LogP contribution in [0, 0.1) is 0 Å². The molecule has 0 aliphatic rings. The average molecular weight is 395 g/mol. The van der Waals surface area contributed by atoms with Gasteiger partial charge in [-0.1, -0.05) is 84.0 Å². The largest absolute Gasteiger partial charge is 0.481 e. The summed E-state index contributed by atoms with van der Waals surface area (Å²) in [6.45, 7) is 8.05. The van der Waals surface area contributed by atoms with E-state index in [-0.39, 0.29) is 19.8 Å². The number of aliphatic hydroxyl groups excluding tert-OH is 3. The summed E-state index contributed by atoms with van der Waals surface area (Å²) < 4.78 is 0. The van der Waals surface area contributed by atoms with Crippen LogP contribution in [-0.4, -0.2) is 46.2 Å². The normalized spacial score (nSPS) is 9.15. The van der Waals surface area contributed by atoms with Gasteiger partial charge in [0.15, 0.2) is 0 Å². The van der Waals surface area contributed by atoms with Crippen molar-refractivity contribution in [3.05, 3.63) is 0 Å². The van der Waals surface area contributed by atoms with E-state index in [2.05, 4.69) is 6.92 Å². The molecule has 168 valence electrons. The number of hydrogen-bond acceptors (Lipinski definition) is 4. The van der Waals surface area contributed by atoms with E-state index in [0.29, 0.717) is 6.42 Å². The fourth-order valence-electron chi connectivity index (χ4n) is 2.29. The lowest BCUT2D eigenvalue weighted by Gasteiger charge is -2.02. The Bertz CT molecular complexity index is 218. The van der Waals surface area contributed by atoms with Crippen molar-refractivity contribution in [3.63, 3.8) is 0 Å². The number of carboxylic acid groups (broad SMARTS) is 1. The number of hydrogen-bond donors (Lipinski definition) is 4. The zero-order valence-electron chi connectivity index (χ0n) is 18.7. The topological polar surface area (TPSA) is 98.0 Å². The number of carboxylic acids is 1. The number of aliphatic carboxylic acids is 1. The monoisotopic (exact) mass is 394 g/mol. The van der Waals surface area contributed by atoms with Gasteiger partial charge < -0.3 is 20.4 Å². The molecule has 27 heavy (non-hydrogen) atoms. The van der Waals surface area contributed by atoms with Crippen LogP contribution in [0.2, 0.25) is 0 Å². The maximum atomic E-state index is 10.3. The number of carbonyl (C=O) groups is 1. The van der Waals surface area contributed by atoms with E-state index in [1.807, 2.05) is 0 Å². The van der Waals surface area contributed by atoms with Gasteiger partial charge >= 0.3 is 5.97 Å². The van der Waals surface area contributed by atoms with Crippen LogP contribution in [0.3, 0.4) is 0 Å². The lowest BCUT2D eigenvalue weighted by molar-refractivity contribution is -0.137. The zero-order valence-corrected chi connectivity index (χ0v) is 18.7. The molecule has 0 radical (unpaired) electrons. The van der Waals surface area contributed by atoms with Gasteiger partial charge in [0, 0.05) is 26.2 Å². The van der Waals surface area contributed by atoms with E-state index >= 15 is 0 Å². The van der Waals surface area contributed by atoms with Crippen LogP contribution in [0.1, 0.15) is 118 Å². The summed E-state index contributed by atoms with van der Waals surface area (Å²) in [5.74, 6) is -0.655. The predicted molar refractivity (Wildman–Crippen MR) is 116 cm³/mol. The molecule has 0 aliphatic heterocycles. The van der Waals surface area contributed by atoms with Crippen molar-refractivity contribution in [3.8, 4) is 0 Å². The Kier molecular flexibility index (Phi) is 50.4. The number of rotatable bonds is 14. The molecule has 0 saturated heterocycles. The highest BCUT2D eigenvalue weighted by molar-refractivity contribution is 5.66. The van der Waals surface area contributed by atoms with Crippen molar-refractivity contribution in [1.82, 2.24) is 0 Å². The van der Waals surface area contributed by atoms with E-state index in [0.717, 1.165) is 12.8 Å². The first-order valence-electron chi connectivity index (χ1n) is 11.1. The first-order chi connectivity index (χ1) is 13.0. The number of aliphatic hydroxyl groups is 3. The van der Waals surface area contributed by atoms with Crippen molar-refractivity contribution in [2.45, 2.75) is 118 Å². The van der Waals surface area contributed by atoms with Crippen LogP contribution in [-0.2, 0) is 4.79 Å². The van der Waals surface area contributed by atoms with Crippen LogP contribution in [0.5, 0.6) is 0 Å². The van der Waals surface area contributed by atoms with Crippen LogP contribution in [0.4, 0.5) is 0 Å². The molecule has 0 saturated carbocycles. The van der Waals surface area contributed by atoms with Gasteiger partial charge in [0.05, 0.1) is 0 Å². The molecule has 0 aliphatic carbocycles. The van der Waals surface area contributed by atoms with Gasteiger partial charge in [0.1, 0.15) is 0 Å². The third kappa shape index (κ3) is 67.1. The third-order valence-electron chi connectivity index (χ3n) is 3.49. The van der Waals surface area contributed by atoms with Crippen LogP contribution in [0.15, 0.2) is 0 Å². The maximum absolute atomic E-state index is 10.3. The standard InChI is InChI=1S/C16H32O2.3C2H6O/c1-2-3-4-5-6-7-8-9-10-11-12-13-14-15-16(17)18;3*1-2-3/h2-15H2,1H3,(H,17,18);3*3H,2H2,1H3. The summed E-state index contributed by atoms with van der Waals surface area (Å²) in [4.78, 5) is 10.3. The Morgan fingerprint density at radius 2 is 0.741 bits per heavy atom. The second-order valence-corrected chi connectivity index (χ2v) is 6.34. The van der Waals surface area contributed by atoms with E-state index in [1.165, 1.54) is 70.6 Å². The fraction of sp³-hybridized carbons (Fsp3) is 0.955. The van der Waals surface area contributed by atoms with Crippen LogP contribution in [0.25, 0.3) is 0 Å². The van der Waals surface area contributed by atoms with Crippen LogP contribution < -0.4 is 0 Å². The van der Waals surface area contributed by atoms with Gasteiger partial charge in [-0.05, 0) is 27.2 Å². The van der Waals surface area contributed by atoms with Gasteiger partial charge in [-0.2, -0.15) is 0 Å². The molecule has 5 nitrogen and oxygen atoms in total. The molecule has 0 bridgehead atoms. The highest BCUT2D eigenvalue weighted by Crippen LogP contribution is 2.12. The first-order valence-corrected chi connectivity index (χ1v) is 11.1. The smallest absolute Gasteiger partial charge is 0.303 e. The molecular formula is C22H50O5. The highest BCUT2D eigenvalue weighted by atomic mass is 16.4. The lowest BCUT2D eigenvalue weighted by Crippen LogP contribution is -1.93. The van der Waals surface area contributed by atoms with Crippen LogP contribution >= 0.6 is 0 Å². The molecule has 0 unspecified atom stereocenters. The second-order valence-electron chi connectivity index (χ2n) is 6.34. The van der Waals surface area contributed by atoms with E-state index in [4.69, 9.17) is 20.4 Å². The molecule has 0 atom stereocenters. The van der Waals surface area contributed by atoms with E-state index in [9.17, 15) is 4.79 Å². The fourth-order valence-corrected chi connectivity index (χ4v) is 2.29. The lowest BCUT2D eigenvalue weighted by atomic mass is 10.0. The Morgan fingerprint density at radius 3 is 0.963 bits per heavy atom. The minimum Gasteiger partial charge on any atom is -0.481 e. The SMILES string of the molecule is CCCCCCCCCCCCCCCC(=O)O.CCO.CCO.CCO. The van der Waals surface area contributed by atoms with Crippen molar-refractivity contribution < 1.29 is 25.2 Å². The van der Waals surface area contributed by atoms with Crippen molar-refractivity contribution in [2.75, 3.05) is 19.8 Å². The molecule has 0 heterocycles. The minimum absolute atomic E-state index is 0.250. The van der Waals surface area contributed by atoms with Gasteiger partial charge in [-0.15, -0.1) is 0 Å². The second kappa shape index (κ2) is 40.1. The van der Waals surface area contributed by atoms with Gasteiger partial charge in [0.2, 0.25) is 0 Å². The molecular weight excluding hydrogens is 344 g/mol. The highest BCUT2D eigenvalue weighted by Gasteiger charge is 1.96. The molecule has 0 aromatic carbocycles. The van der Waals surface area contributed by atoms with Crippen molar-refractivity contribution >= 4 is 5.97 Å². The molecule has 0 fully saturated rings. The molecule has 0 aromatic heterocycles. The summed E-state index contributed by atoms with van der Waals surface area (Å²) in [5, 5.41) is 31.2. The predicted octanol–water partition coefficient (Wildman–Crippen LogP) is 5.55. The zero-order chi connectivity index (χ0) is 21.6. The van der Waals surface area contributed by atoms with Crippen molar-refractivity contribution in [2.24, 2.45) is 0 Å². The van der Waals surface area contributed by atoms with Gasteiger partial charge in [0.25, 0.3) is 0 Å². The molecule has 0 spiro atoms. The maximum Gasteiger partial charge on any atom is 0.303 e. The third-order valence-corrected chi connectivity index (χ3v) is 3.49. The molecule has 0 aromatic rings. The molecule has 0 rings (SSSR count). The summed E-state index contributed by atoms with van der Waals surface area (Å²) in [7, 11) is 0. The minimum atomic E-state index is -0.655. The summed E-state index contributed by atoms with van der Waals surface area (Å²) >= 11 is 0. The Hall–Kier alpha value is -0.650. The first kappa shape index (κ1) is 33.9. The van der Waals surface area contributed by atoms with Gasteiger partial charge in [-0.25, -0.2) is 0 Å². The quantitative estimate of drug-likeness (QED) is 0.290.